The number of rotatable bonds is 6. The minimum Gasteiger partial charge on any atom is -0.446 e. The van der Waals surface area contributed by atoms with Gasteiger partial charge >= 0.3 is 6.09 Å². The lowest BCUT2D eigenvalue weighted by molar-refractivity contribution is 0.0967. The number of alkyl carbamates (subject to hydrolysis) is 1. The molecule has 2 unspecified atom stereocenters. The molecule has 2 aromatic rings. The predicted octanol–water partition coefficient (Wildman–Crippen LogP) is 3.80. The van der Waals surface area contributed by atoms with E-state index in [1.165, 1.54) is 6.20 Å². The molecule has 2 atom stereocenters. The number of amides is 1. The number of anilines is 2. The third-order valence-corrected chi connectivity index (χ3v) is 5.25. The number of hydrogen-bond donors (Lipinski definition) is 3. The third-order valence-electron chi connectivity index (χ3n) is 5.25. The molecule has 0 spiro atoms. The molecule has 150 valence electrons. The summed E-state index contributed by atoms with van der Waals surface area (Å²) >= 11 is 0. The molecule has 10 heteroatoms. The van der Waals surface area contributed by atoms with Gasteiger partial charge in [0.15, 0.2) is 5.82 Å². The summed E-state index contributed by atoms with van der Waals surface area (Å²) in [4.78, 5) is 19.5. The van der Waals surface area contributed by atoms with E-state index in [1.54, 1.807) is 0 Å². The number of H-pyrrole nitrogens is 1. The number of hydrogen-bond acceptors (Lipinski definition) is 6. The Labute approximate surface area is 160 Å². The van der Waals surface area contributed by atoms with Gasteiger partial charge in [0.2, 0.25) is 0 Å². The molecule has 0 aromatic carbocycles. The summed E-state index contributed by atoms with van der Waals surface area (Å²) in [6.07, 6.45) is 3.59. The van der Waals surface area contributed by atoms with Gasteiger partial charge in [0.25, 0.3) is 6.43 Å². The molecule has 2 aliphatic rings. The van der Waals surface area contributed by atoms with E-state index in [1.807, 2.05) is 13.0 Å². The zero-order chi connectivity index (χ0) is 19.7. The van der Waals surface area contributed by atoms with Crippen molar-refractivity contribution in [3.63, 3.8) is 0 Å². The quantitative estimate of drug-likeness (QED) is 0.691. The van der Waals surface area contributed by atoms with Gasteiger partial charge in [-0.1, -0.05) is 0 Å². The lowest BCUT2D eigenvalue weighted by Crippen LogP contribution is -2.36. The Balaban J connectivity index is 1.30. The number of carbonyl (C=O) groups is 1. The van der Waals surface area contributed by atoms with Gasteiger partial charge in [-0.2, -0.15) is 5.10 Å². The van der Waals surface area contributed by atoms with Gasteiger partial charge in [-0.15, -0.1) is 0 Å². The van der Waals surface area contributed by atoms with Crippen LogP contribution in [0.2, 0.25) is 0 Å². The summed E-state index contributed by atoms with van der Waals surface area (Å²) in [6.45, 7) is 2.01. The van der Waals surface area contributed by atoms with Crippen molar-refractivity contribution in [2.45, 2.75) is 63.0 Å². The summed E-state index contributed by atoms with van der Waals surface area (Å²) in [5, 5.41) is 13.0. The van der Waals surface area contributed by atoms with Crippen LogP contribution in [-0.2, 0) is 4.74 Å². The van der Waals surface area contributed by atoms with E-state index in [0.717, 1.165) is 44.0 Å². The van der Waals surface area contributed by atoms with Crippen LogP contribution in [0.25, 0.3) is 0 Å². The molecule has 0 saturated heterocycles. The second kappa shape index (κ2) is 7.33. The minimum absolute atomic E-state index is 0.0879. The molecule has 2 aromatic heterocycles. The van der Waals surface area contributed by atoms with E-state index in [2.05, 4.69) is 30.8 Å². The Morgan fingerprint density at radius 3 is 2.79 bits per heavy atom. The molecule has 2 fully saturated rings. The average Bonchev–Trinajstić information content (AvgIpc) is 3.04. The first-order valence-electron chi connectivity index (χ1n) is 9.31. The highest BCUT2D eigenvalue weighted by Crippen LogP contribution is 2.37. The molecule has 4 rings (SSSR count). The standard InChI is InChI=1S/C18H22F2N6O2/c1-18(4-5-18)24-17(27)28-11-3-2-10(6-11)12-7-14(26-25-12)23-15-9-21-13(8-22-15)16(19)20/h7-11,16H,2-6H2,1H3,(H,24,27)(H2,22,23,25,26). The highest BCUT2D eigenvalue weighted by Gasteiger charge is 2.40. The largest absolute Gasteiger partial charge is 0.446 e. The van der Waals surface area contributed by atoms with Gasteiger partial charge in [-0.25, -0.2) is 23.5 Å². The fraction of sp³-hybridized carbons (Fsp3) is 0.556. The normalized spacial score (nSPS) is 22.9. The van der Waals surface area contributed by atoms with Crippen molar-refractivity contribution in [1.29, 1.82) is 0 Å². The van der Waals surface area contributed by atoms with Crippen LogP contribution in [0.15, 0.2) is 18.5 Å². The maximum absolute atomic E-state index is 12.5. The first-order chi connectivity index (χ1) is 13.4. The summed E-state index contributed by atoms with van der Waals surface area (Å²) in [5.74, 6) is 1.07. The van der Waals surface area contributed by atoms with Crippen molar-refractivity contribution in [3.05, 3.63) is 29.8 Å². The third kappa shape index (κ3) is 4.37. The number of alkyl halides is 2. The molecule has 8 nitrogen and oxygen atoms in total. The maximum atomic E-state index is 12.5. The second-order valence-corrected chi connectivity index (χ2v) is 7.68. The van der Waals surface area contributed by atoms with Crippen LogP contribution in [0.3, 0.4) is 0 Å². The van der Waals surface area contributed by atoms with Crippen LogP contribution in [0.5, 0.6) is 0 Å². The van der Waals surface area contributed by atoms with Crippen molar-refractivity contribution in [2.75, 3.05) is 5.32 Å². The van der Waals surface area contributed by atoms with Gasteiger partial charge in [0, 0.05) is 23.2 Å². The van der Waals surface area contributed by atoms with Crippen molar-refractivity contribution in [2.24, 2.45) is 0 Å². The second-order valence-electron chi connectivity index (χ2n) is 7.68. The lowest BCUT2D eigenvalue weighted by Gasteiger charge is -2.16. The highest BCUT2D eigenvalue weighted by atomic mass is 19.3. The van der Waals surface area contributed by atoms with Gasteiger partial charge in [-0.3, -0.25) is 5.10 Å². The Kier molecular flexibility index (Phi) is 4.86. The number of aromatic amines is 1. The molecule has 0 radical (unpaired) electrons. The van der Waals surface area contributed by atoms with Crippen molar-refractivity contribution < 1.29 is 18.3 Å². The number of nitrogens with zero attached hydrogens (tertiary/aromatic N) is 3. The van der Waals surface area contributed by atoms with Gasteiger partial charge in [0.1, 0.15) is 17.6 Å². The fourth-order valence-electron chi connectivity index (χ4n) is 3.33. The number of halogens is 2. The SMILES string of the molecule is CC1(NC(=O)OC2CCC(c3cc(Nc4cnc(C(F)F)cn4)n[nH]3)C2)CC1. The maximum Gasteiger partial charge on any atom is 0.407 e. The minimum atomic E-state index is -2.65. The molecule has 0 aliphatic heterocycles. The summed E-state index contributed by atoms with van der Waals surface area (Å²) in [6, 6.07) is 1.85. The Morgan fingerprint density at radius 2 is 2.11 bits per heavy atom. The number of aromatic nitrogens is 4. The molecular formula is C18H22F2N6O2. The van der Waals surface area contributed by atoms with Crippen molar-refractivity contribution in [1.82, 2.24) is 25.5 Å². The molecule has 2 saturated carbocycles. The molecule has 2 aliphatic carbocycles. The zero-order valence-electron chi connectivity index (χ0n) is 15.4. The molecular weight excluding hydrogens is 370 g/mol. The van der Waals surface area contributed by atoms with Crippen LogP contribution >= 0.6 is 0 Å². The molecule has 1 amide bonds. The van der Waals surface area contributed by atoms with E-state index in [4.69, 9.17) is 4.74 Å². The number of nitrogens with one attached hydrogen (secondary N) is 3. The van der Waals surface area contributed by atoms with Crippen molar-refractivity contribution >= 4 is 17.7 Å². The van der Waals surface area contributed by atoms with Gasteiger partial charge in [0.05, 0.1) is 12.4 Å². The van der Waals surface area contributed by atoms with Crippen LogP contribution < -0.4 is 10.6 Å². The van der Waals surface area contributed by atoms with E-state index >= 15 is 0 Å². The summed E-state index contributed by atoms with van der Waals surface area (Å²) < 4.78 is 30.6. The first kappa shape index (κ1) is 18.6. The number of carbonyl (C=O) groups excluding carboxylic acids is 1. The van der Waals surface area contributed by atoms with Gasteiger partial charge in [-0.05, 0) is 39.0 Å². The van der Waals surface area contributed by atoms with Crippen LogP contribution in [0.1, 0.15) is 62.8 Å². The smallest absolute Gasteiger partial charge is 0.407 e. The lowest BCUT2D eigenvalue weighted by atomic mass is 10.0. The van der Waals surface area contributed by atoms with Crippen LogP contribution in [-0.4, -0.2) is 37.9 Å². The number of ether oxygens (including phenoxy) is 1. The van der Waals surface area contributed by atoms with Crippen LogP contribution in [0, 0.1) is 0 Å². The first-order valence-corrected chi connectivity index (χ1v) is 9.31. The monoisotopic (exact) mass is 392 g/mol. The zero-order valence-corrected chi connectivity index (χ0v) is 15.4. The Bertz CT molecular complexity index is 837. The molecule has 28 heavy (non-hydrogen) atoms. The Morgan fingerprint density at radius 1 is 1.29 bits per heavy atom. The van der Waals surface area contributed by atoms with E-state index in [-0.39, 0.29) is 29.3 Å². The van der Waals surface area contributed by atoms with Gasteiger partial charge < -0.3 is 15.4 Å². The molecule has 2 heterocycles. The topological polar surface area (TPSA) is 105 Å². The summed E-state index contributed by atoms with van der Waals surface area (Å²) in [7, 11) is 0. The van der Waals surface area contributed by atoms with E-state index < -0.39 is 6.43 Å². The fourth-order valence-corrected chi connectivity index (χ4v) is 3.33. The van der Waals surface area contributed by atoms with E-state index in [0.29, 0.717) is 11.6 Å². The van der Waals surface area contributed by atoms with Crippen LogP contribution in [0.4, 0.5) is 25.2 Å². The highest BCUT2D eigenvalue weighted by molar-refractivity contribution is 5.69. The van der Waals surface area contributed by atoms with E-state index in [9.17, 15) is 13.6 Å². The molecule has 0 bridgehead atoms. The average molecular weight is 392 g/mol. The molecule has 3 N–H and O–H groups in total. The van der Waals surface area contributed by atoms with Crippen molar-refractivity contribution in [3.8, 4) is 0 Å². The Hall–Kier alpha value is -2.78. The predicted molar refractivity (Wildman–Crippen MR) is 96.5 cm³/mol. The summed E-state index contributed by atoms with van der Waals surface area (Å²) in [5.41, 5.74) is 0.473.